The van der Waals surface area contributed by atoms with Crippen LogP contribution in [0.3, 0.4) is 0 Å². The molecule has 0 unspecified atom stereocenters. The van der Waals surface area contributed by atoms with Crippen LogP contribution in [0.15, 0.2) is 12.2 Å². The van der Waals surface area contributed by atoms with Gasteiger partial charge in [-0.2, -0.15) is 0 Å². The molecule has 0 aromatic carbocycles. The van der Waals surface area contributed by atoms with Gasteiger partial charge in [-0.25, -0.2) is 0 Å². The van der Waals surface area contributed by atoms with E-state index in [9.17, 15) is 0 Å². The van der Waals surface area contributed by atoms with Crippen molar-refractivity contribution >= 4 is 0 Å². The molecule has 0 aromatic rings. The fraction of sp³-hybridized carbons (Fsp3) is 0.667. The first kappa shape index (κ1) is 2.15. The maximum atomic E-state index is 7.24. The number of allylic oxidation sites excluding steroid dienone is 2. The molecular weight excluding hydrogens is 72.1 g/mol. The van der Waals surface area contributed by atoms with Gasteiger partial charge in [0.05, 0.1) is 0 Å². The fourth-order valence-corrected chi connectivity index (χ4v) is 0.542. The molecule has 0 N–H and O–H groups in total. The standard InChI is InChI=1S/C6H10/c1-2-4-6-5-3-1/h1-2H,3-6H2/i3D,5D/t3-,5+/m0/s1. The van der Waals surface area contributed by atoms with E-state index in [-0.39, 0.29) is 12.8 Å². The van der Waals surface area contributed by atoms with Crippen molar-refractivity contribution in [1.29, 1.82) is 0 Å². The first-order chi connectivity index (χ1) is 3.80. The van der Waals surface area contributed by atoms with Gasteiger partial charge in [0, 0.05) is 2.74 Å². The predicted octanol–water partition coefficient (Wildman–Crippen LogP) is 2.12. The third-order valence-electron chi connectivity index (χ3n) is 0.883. The summed E-state index contributed by atoms with van der Waals surface area (Å²) in [5.41, 5.74) is 0. The molecule has 0 nitrogen and oxygen atoms in total. The molecule has 2 atom stereocenters. The molecule has 0 aliphatic heterocycles. The summed E-state index contributed by atoms with van der Waals surface area (Å²) in [6.07, 6.45) is 5.22. The third-order valence-corrected chi connectivity index (χ3v) is 0.883. The summed E-state index contributed by atoms with van der Waals surface area (Å²) in [6, 6.07) is 0. The highest BCUT2D eigenvalue weighted by Gasteiger charge is 1.87. The fourth-order valence-electron chi connectivity index (χ4n) is 0.542. The van der Waals surface area contributed by atoms with Crippen molar-refractivity contribution in [2.24, 2.45) is 0 Å². The second-order valence-electron chi connectivity index (χ2n) is 1.43. The second kappa shape index (κ2) is 2.01. The van der Waals surface area contributed by atoms with Crippen molar-refractivity contribution in [3.63, 3.8) is 0 Å². The van der Waals surface area contributed by atoms with Crippen LogP contribution in [0.2, 0.25) is 0 Å². The van der Waals surface area contributed by atoms with Gasteiger partial charge in [0.2, 0.25) is 0 Å². The molecule has 1 aliphatic carbocycles. The van der Waals surface area contributed by atoms with Gasteiger partial charge in [0.1, 0.15) is 0 Å². The lowest BCUT2D eigenvalue weighted by Gasteiger charge is -1.97. The van der Waals surface area contributed by atoms with Gasteiger partial charge in [0.25, 0.3) is 0 Å². The van der Waals surface area contributed by atoms with E-state index in [0.717, 1.165) is 12.8 Å². The third kappa shape index (κ3) is 0.852. The Morgan fingerprint density at radius 2 is 2.50 bits per heavy atom. The first-order valence-electron chi connectivity index (χ1n) is 3.47. The van der Waals surface area contributed by atoms with E-state index in [1.54, 1.807) is 6.08 Å². The van der Waals surface area contributed by atoms with Gasteiger partial charge in [-0.05, 0) is 25.6 Å². The zero-order chi connectivity index (χ0) is 5.98. The molecular formula is C6H10. The molecule has 34 valence electrons. The molecule has 0 saturated heterocycles. The molecule has 0 spiro atoms. The second-order valence-corrected chi connectivity index (χ2v) is 1.43. The Hall–Kier alpha value is -0.260. The number of hydrogen-bond donors (Lipinski definition) is 0. The monoisotopic (exact) mass is 84.1 g/mol. The van der Waals surface area contributed by atoms with Gasteiger partial charge < -0.3 is 0 Å². The molecule has 0 amide bonds. The van der Waals surface area contributed by atoms with Gasteiger partial charge in [-0.15, -0.1) is 0 Å². The molecule has 1 aliphatic rings. The summed E-state index contributed by atoms with van der Waals surface area (Å²) in [6.45, 7) is 0. The predicted molar refractivity (Wildman–Crippen MR) is 27.6 cm³/mol. The zero-order valence-corrected chi connectivity index (χ0v) is 3.72. The Kier molecular flexibility index (Phi) is 0.722. The number of rotatable bonds is 0. The maximum absolute atomic E-state index is 7.24. The van der Waals surface area contributed by atoms with Crippen molar-refractivity contribution in [3.8, 4) is 0 Å². The Morgan fingerprint density at radius 1 is 1.50 bits per heavy atom. The van der Waals surface area contributed by atoms with E-state index in [2.05, 4.69) is 0 Å². The molecule has 0 radical (unpaired) electrons. The minimum atomic E-state index is -0.260. The van der Waals surface area contributed by atoms with E-state index in [4.69, 9.17) is 2.74 Å². The summed E-state index contributed by atoms with van der Waals surface area (Å²) < 4.78 is 14.4. The van der Waals surface area contributed by atoms with Gasteiger partial charge in [-0.1, -0.05) is 12.2 Å². The van der Waals surface area contributed by atoms with E-state index in [1.165, 1.54) is 0 Å². The van der Waals surface area contributed by atoms with Crippen molar-refractivity contribution < 1.29 is 2.74 Å². The number of hydrogen-bond acceptors (Lipinski definition) is 0. The lowest BCUT2D eigenvalue weighted by Crippen LogP contribution is -1.77. The topological polar surface area (TPSA) is 0 Å². The summed E-state index contributed by atoms with van der Waals surface area (Å²) in [5, 5.41) is 0. The highest BCUT2D eigenvalue weighted by molar-refractivity contribution is 4.85. The smallest absolute Gasteiger partial charge is 0.0310 e. The zero-order valence-electron chi connectivity index (χ0n) is 5.72. The Balaban J connectivity index is 2.47. The highest BCUT2D eigenvalue weighted by atomic mass is 13.9. The maximum Gasteiger partial charge on any atom is 0.0310 e. The molecule has 6 heavy (non-hydrogen) atoms. The van der Waals surface area contributed by atoms with E-state index >= 15 is 0 Å². The van der Waals surface area contributed by atoms with E-state index < -0.39 is 0 Å². The van der Waals surface area contributed by atoms with Gasteiger partial charge in [0.15, 0.2) is 0 Å². The normalized spacial score (nSPS) is 50.7. The first-order valence-corrected chi connectivity index (χ1v) is 2.32. The van der Waals surface area contributed by atoms with Crippen LogP contribution in [0.5, 0.6) is 0 Å². The molecule has 0 heteroatoms. The average Bonchev–Trinajstić information content (AvgIpc) is 1.77. The largest absolute Gasteiger partial charge is 0.0885 e. The van der Waals surface area contributed by atoms with Crippen LogP contribution < -0.4 is 0 Å². The Bertz CT molecular complexity index is 98.7. The lowest BCUT2D eigenvalue weighted by atomic mass is 10.1. The SMILES string of the molecule is [2H][C@H]1C=CCC[C@@H]1[2H]. The molecule has 0 saturated carbocycles. The van der Waals surface area contributed by atoms with Crippen LogP contribution in [-0.2, 0) is 0 Å². The van der Waals surface area contributed by atoms with E-state index in [1.807, 2.05) is 6.08 Å². The van der Waals surface area contributed by atoms with Crippen LogP contribution >= 0.6 is 0 Å². The van der Waals surface area contributed by atoms with Crippen LogP contribution in [0, 0.1) is 0 Å². The van der Waals surface area contributed by atoms with E-state index in [0.29, 0.717) is 0 Å². The minimum absolute atomic E-state index is 0.167. The minimum Gasteiger partial charge on any atom is -0.0885 e. The average molecular weight is 84.2 g/mol. The molecule has 0 fully saturated rings. The molecule has 0 heterocycles. The summed E-state index contributed by atoms with van der Waals surface area (Å²) in [7, 11) is 0. The Morgan fingerprint density at radius 3 is 3.00 bits per heavy atom. The summed E-state index contributed by atoms with van der Waals surface area (Å²) in [4.78, 5) is 0. The summed E-state index contributed by atoms with van der Waals surface area (Å²) in [5.74, 6) is 0. The van der Waals surface area contributed by atoms with Crippen molar-refractivity contribution in [3.05, 3.63) is 12.2 Å². The quantitative estimate of drug-likeness (QED) is 0.394. The lowest BCUT2D eigenvalue weighted by molar-refractivity contribution is 0.730. The van der Waals surface area contributed by atoms with Crippen molar-refractivity contribution in [2.75, 3.05) is 0 Å². The highest BCUT2D eigenvalue weighted by Crippen LogP contribution is 2.07. The van der Waals surface area contributed by atoms with Crippen LogP contribution in [0.4, 0.5) is 0 Å². The summed E-state index contributed by atoms with van der Waals surface area (Å²) >= 11 is 0. The molecule has 0 aromatic heterocycles. The van der Waals surface area contributed by atoms with Crippen LogP contribution in [0.25, 0.3) is 0 Å². The molecule has 0 bridgehead atoms. The van der Waals surface area contributed by atoms with Crippen LogP contribution in [-0.4, -0.2) is 0 Å². The van der Waals surface area contributed by atoms with Gasteiger partial charge in [-0.3, -0.25) is 0 Å². The van der Waals surface area contributed by atoms with Crippen LogP contribution in [0.1, 0.15) is 28.4 Å². The van der Waals surface area contributed by atoms with Crippen molar-refractivity contribution in [1.82, 2.24) is 0 Å². The molecule has 1 rings (SSSR count). The Labute approximate surface area is 41.7 Å². The van der Waals surface area contributed by atoms with Crippen molar-refractivity contribution in [2.45, 2.75) is 25.6 Å². The van der Waals surface area contributed by atoms with Gasteiger partial charge >= 0.3 is 0 Å².